The molecule has 2 atom stereocenters. The minimum atomic E-state index is -4.34. The van der Waals surface area contributed by atoms with Gasteiger partial charge < -0.3 is 15.8 Å². The van der Waals surface area contributed by atoms with Crippen molar-refractivity contribution < 1.29 is 22.7 Å². The zero-order valence-electron chi connectivity index (χ0n) is 11.2. The van der Waals surface area contributed by atoms with Crippen molar-refractivity contribution >= 4 is 5.91 Å². The number of ether oxygens (including phenoxy) is 1. The topological polar surface area (TPSA) is 67.6 Å². The zero-order chi connectivity index (χ0) is 14.8. The normalized spacial score (nSPS) is 26.3. The van der Waals surface area contributed by atoms with Crippen molar-refractivity contribution in [1.82, 2.24) is 10.2 Å². The highest BCUT2D eigenvalue weighted by Gasteiger charge is 2.42. The molecule has 1 saturated heterocycles. The molecule has 1 saturated carbocycles. The summed E-state index contributed by atoms with van der Waals surface area (Å²) in [5.74, 6) is -1.86. The SMILES string of the molecule is NCC(CN1CCOCC1C(=O)NC1CC1)C(F)(F)F. The molecular formula is C12H20F3N3O2. The molecule has 2 unspecified atom stereocenters. The number of carbonyl (C=O) groups is 1. The Morgan fingerprint density at radius 2 is 2.15 bits per heavy atom. The number of carbonyl (C=O) groups excluding carboxylic acids is 1. The summed E-state index contributed by atoms with van der Waals surface area (Å²) in [4.78, 5) is 13.6. The van der Waals surface area contributed by atoms with E-state index in [0.717, 1.165) is 12.8 Å². The van der Waals surface area contributed by atoms with Crippen LogP contribution in [0.2, 0.25) is 0 Å². The molecule has 8 heteroatoms. The maximum atomic E-state index is 12.8. The summed E-state index contributed by atoms with van der Waals surface area (Å²) in [6.07, 6.45) is -2.47. The number of nitrogens with zero attached hydrogens (tertiary/aromatic N) is 1. The summed E-state index contributed by atoms with van der Waals surface area (Å²) >= 11 is 0. The second-order valence-electron chi connectivity index (χ2n) is 5.34. The molecule has 0 aromatic heterocycles. The van der Waals surface area contributed by atoms with E-state index in [0.29, 0.717) is 13.2 Å². The second-order valence-corrected chi connectivity index (χ2v) is 5.34. The molecular weight excluding hydrogens is 275 g/mol. The Hall–Kier alpha value is -0.860. The summed E-state index contributed by atoms with van der Waals surface area (Å²) in [7, 11) is 0. The molecule has 1 heterocycles. The van der Waals surface area contributed by atoms with Crippen LogP contribution < -0.4 is 11.1 Å². The van der Waals surface area contributed by atoms with E-state index in [1.807, 2.05) is 0 Å². The Morgan fingerprint density at radius 3 is 2.70 bits per heavy atom. The van der Waals surface area contributed by atoms with E-state index in [4.69, 9.17) is 10.5 Å². The first kappa shape index (κ1) is 15.5. The van der Waals surface area contributed by atoms with Crippen LogP contribution in [0, 0.1) is 5.92 Å². The number of nitrogens with two attached hydrogens (primary N) is 1. The molecule has 20 heavy (non-hydrogen) atoms. The van der Waals surface area contributed by atoms with Crippen molar-refractivity contribution in [1.29, 1.82) is 0 Å². The molecule has 0 bridgehead atoms. The summed E-state index contributed by atoms with van der Waals surface area (Å²) in [6.45, 7) is 0.0509. The molecule has 1 aliphatic carbocycles. The van der Waals surface area contributed by atoms with E-state index < -0.39 is 24.7 Å². The highest BCUT2D eigenvalue weighted by Crippen LogP contribution is 2.27. The molecule has 2 fully saturated rings. The van der Waals surface area contributed by atoms with Gasteiger partial charge in [0.15, 0.2) is 0 Å². The first-order chi connectivity index (χ1) is 9.41. The lowest BCUT2D eigenvalue weighted by Gasteiger charge is -2.36. The second kappa shape index (κ2) is 6.28. The predicted octanol–water partition coefficient (Wildman–Crippen LogP) is 0.103. The first-order valence-corrected chi connectivity index (χ1v) is 6.80. The van der Waals surface area contributed by atoms with Crippen LogP contribution in [0.4, 0.5) is 13.2 Å². The standard InChI is InChI=1S/C12H20F3N3O2/c13-12(14,15)8(5-16)6-18-3-4-20-7-10(18)11(19)17-9-1-2-9/h8-10H,1-7,16H2,(H,17,19). The highest BCUT2D eigenvalue weighted by atomic mass is 19.4. The predicted molar refractivity (Wildman–Crippen MR) is 65.9 cm³/mol. The number of hydrogen-bond donors (Lipinski definition) is 2. The van der Waals surface area contributed by atoms with E-state index in [9.17, 15) is 18.0 Å². The smallest absolute Gasteiger partial charge is 0.378 e. The molecule has 0 spiro atoms. The Balaban J connectivity index is 1.96. The molecule has 1 aliphatic heterocycles. The molecule has 2 aliphatic rings. The van der Waals surface area contributed by atoms with Gasteiger partial charge in [-0.15, -0.1) is 0 Å². The van der Waals surface area contributed by atoms with Gasteiger partial charge in [-0.1, -0.05) is 0 Å². The lowest BCUT2D eigenvalue weighted by atomic mass is 10.1. The third-order valence-corrected chi connectivity index (χ3v) is 3.67. The fraction of sp³-hybridized carbons (Fsp3) is 0.917. The minimum Gasteiger partial charge on any atom is -0.378 e. The Kier molecular flexibility index (Phi) is 4.87. The van der Waals surface area contributed by atoms with E-state index in [2.05, 4.69) is 5.32 Å². The molecule has 1 amide bonds. The Bertz CT molecular complexity index is 347. The molecule has 0 radical (unpaired) electrons. The van der Waals surface area contributed by atoms with Gasteiger partial charge >= 0.3 is 6.18 Å². The fourth-order valence-electron chi connectivity index (χ4n) is 2.22. The number of rotatable bonds is 5. The van der Waals surface area contributed by atoms with Crippen LogP contribution >= 0.6 is 0 Å². The molecule has 3 N–H and O–H groups in total. The van der Waals surface area contributed by atoms with E-state index in [1.165, 1.54) is 4.90 Å². The summed E-state index contributed by atoms with van der Waals surface area (Å²) < 4.78 is 43.6. The number of alkyl halides is 3. The average Bonchev–Trinajstić information content (AvgIpc) is 3.18. The van der Waals surface area contributed by atoms with Crippen LogP contribution in [-0.4, -0.2) is 61.9 Å². The van der Waals surface area contributed by atoms with Gasteiger partial charge in [-0.05, 0) is 12.8 Å². The number of morpholine rings is 1. The van der Waals surface area contributed by atoms with Crippen molar-refractivity contribution in [3.63, 3.8) is 0 Å². The van der Waals surface area contributed by atoms with Crippen LogP contribution in [0.25, 0.3) is 0 Å². The lowest BCUT2D eigenvalue weighted by Crippen LogP contribution is -2.56. The maximum absolute atomic E-state index is 12.8. The summed E-state index contributed by atoms with van der Waals surface area (Å²) in [6, 6.07) is -0.472. The molecule has 2 rings (SSSR count). The lowest BCUT2D eigenvalue weighted by molar-refractivity contribution is -0.182. The maximum Gasteiger partial charge on any atom is 0.394 e. The van der Waals surface area contributed by atoms with Gasteiger partial charge in [0.05, 0.1) is 19.1 Å². The number of halogens is 3. The third-order valence-electron chi connectivity index (χ3n) is 3.67. The number of amides is 1. The van der Waals surface area contributed by atoms with Crippen LogP contribution in [0.1, 0.15) is 12.8 Å². The molecule has 0 aromatic carbocycles. The van der Waals surface area contributed by atoms with Gasteiger partial charge in [0.2, 0.25) is 5.91 Å². The Labute approximate surface area is 115 Å². The van der Waals surface area contributed by atoms with Crippen LogP contribution in [0.5, 0.6) is 0 Å². The minimum absolute atomic E-state index is 0.133. The van der Waals surface area contributed by atoms with E-state index >= 15 is 0 Å². The van der Waals surface area contributed by atoms with Crippen molar-refractivity contribution in [2.24, 2.45) is 11.7 Å². The van der Waals surface area contributed by atoms with Crippen molar-refractivity contribution in [2.75, 3.05) is 32.8 Å². The summed E-state index contributed by atoms with van der Waals surface area (Å²) in [5, 5.41) is 2.81. The summed E-state index contributed by atoms with van der Waals surface area (Å²) in [5.41, 5.74) is 5.21. The van der Waals surface area contributed by atoms with Crippen molar-refractivity contribution in [3.8, 4) is 0 Å². The van der Waals surface area contributed by atoms with Gasteiger partial charge in [-0.2, -0.15) is 13.2 Å². The largest absolute Gasteiger partial charge is 0.394 e. The van der Waals surface area contributed by atoms with Gasteiger partial charge in [-0.25, -0.2) is 0 Å². The highest BCUT2D eigenvalue weighted by molar-refractivity contribution is 5.82. The zero-order valence-corrected chi connectivity index (χ0v) is 11.2. The van der Waals surface area contributed by atoms with Crippen LogP contribution in [0.15, 0.2) is 0 Å². The third kappa shape index (κ3) is 4.07. The van der Waals surface area contributed by atoms with Gasteiger partial charge in [0, 0.05) is 25.7 Å². The van der Waals surface area contributed by atoms with Crippen molar-refractivity contribution in [2.45, 2.75) is 31.1 Å². The van der Waals surface area contributed by atoms with E-state index in [-0.39, 0.29) is 25.1 Å². The Morgan fingerprint density at radius 1 is 1.45 bits per heavy atom. The average molecular weight is 295 g/mol. The monoisotopic (exact) mass is 295 g/mol. The molecule has 5 nitrogen and oxygen atoms in total. The number of hydrogen-bond acceptors (Lipinski definition) is 4. The van der Waals surface area contributed by atoms with E-state index in [1.54, 1.807) is 0 Å². The number of nitrogens with one attached hydrogen (secondary N) is 1. The van der Waals surface area contributed by atoms with Gasteiger partial charge in [0.1, 0.15) is 6.04 Å². The quantitative estimate of drug-likeness (QED) is 0.755. The molecule has 0 aromatic rings. The van der Waals surface area contributed by atoms with Crippen molar-refractivity contribution in [3.05, 3.63) is 0 Å². The van der Waals surface area contributed by atoms with Gasteiger partial charge in [-0.3, -0.25) is 9.69 Å². The first-order valence-electron chi connectivity index (χ1n) is 6.80. The van der Waals surface area contributed by atoms with Gasteiger partial charge in [0.25, 0.3) is 0 Å². The van der Waals surface area contributed by atoms with Crippen LogP contribution in [0.3, 0.4) is 0 Å². The van der Waals surface area contributed by atoms with Crippen LogP contribution in [-0.2, 0) is 9.53 Å². The molecule has 116 valence electrons. The fourth-order valence-corrected chi connectivity index (χ4v) is 2.22.